The Hall–Kier alpha value is 0. The van der Waals surface area contributed by atoms with Gasteiger partial charge >= 0.3 is 0 Å². The standard InChI is InChI=1S/C31H64/c1-7-13-16-17-18-19-20-21-22-26-31(25-10-4,27-29(11-5)23-14-8-2)28-30(12-6)24-15-9-3/h29-30H,7-28H2,1-6H3. The van der Waals surface area contributed by atoms with E-state index in [1.807, 2.05) is 0 Å². The van der Waals surface area contributed by atoms with Gasteiger partial charge in [0.25, 0.3) is 0 Å². The van der Waals surface area contributed by atoms with Gasteiger partial charge in [-0.05, 0) is 42.9 Å². The molecule has 31 heavy (non-hydrogen) atoms. The van der Waals surface area contributed by atoms with E-state index >= 15 is 0 Å². The van der Waals surface area contributed by atoms with Crippen molar-refractivity contribution in [3.8, 4) is 0 Å². The van der Waals surface area contributed by atoms with Crippen LogP contribution in [0.2, 0.25) is 0 Å². The fraction of sp³-hybridized carbons (Fsp3) is 1.00. The van der Waals surface area contributed by atoms with Crippen LogP contribution in [0.3, 0.4) is 0 Å². The minimum atomic E-state index is 0.638. The molecule has 0 radical (unpaired) electrons. The van der Waals surface area contributed by atoms with Crippen molar-refractivity contribution in [2.75, 3.05) is 0 Å². The third-order valence-electron chi connectivity index (χ3n) is 8.12. The van der Waals surface area contributed by atoms with Crippen LogP contribution in [0.5, 0.6) is 0 Å². The van der Waals surface area contributed by atoms with Crippen molar-refractivity contribution in [1.29, 1.82) is 0 Å². The summed E-state index contributed by atoms with van der Waals surface area (Å²) in [5.74, 6) is 1.93. The molecule has 0 N–H and O–H groups in total. The lowest BCUT2D eigenvalue weighted by molar-refractivity contribution is 0.115. The van der Waals surface area contributed by atoms with Gasteiger partial charge in [0.15, 0.2) is 0 Å². The molecule has 0 heterocycles. The average molecular weight is 437 g/mol. The highest BCUT2D eigenvalue weighted by Crippen LogP contribution is 2.46. The van der Waals surface area contributed by atoms with Crippen LogP contribution in [-0.4, -0.2) is 0 Å². The highest BCUT2D eigenvalue weighted by atomic mass is 14.4. The van der Waals surface area contributed by atoms with E-state index in [0.717, 1.165) is 11.8 Å². The van der Waals surface area contributed by atoms with Gasteiger partial charge in [-0.25, -0.2) is 0 Å². The van der Waals surface area contributed by atoms with Crippen LogP contribution >= 0.6 is 0 Å². The Kier molecular flexibility index (Phi) is 21.8. The van der Waals surface area contributed by atoms with E-state index in [1.165, 1.54) is 141 Å². The first-order chi connectivity index (χ1) is 15.1. The van der Waals surface area contributed by atoms with E-state index in [-0.39, 0.29) is 0 Å². The molecule has 2 atom stereocenters. The molecule has 0 bridgehead atoms. The molecule has 0 fully saturated rings. The lowest BCUT2D eigenvalue weighted by atomic mass is 9.65. The van der Waals surface area contributed by atoms with Crippen LogP contribution in [-0.2, 0) is 0 Å². The van der Waals surface area contributed by atoms with Gasteiger partial charge in [0.05, 0.1) is 0 Å². The van der Waals surface area contributed by atoms with Crippen molar-refractivity contribution in [2.45, 2.75) is 183 Å². The van der Waals surface area contributed by atoms with E-state index in [2.05, 4.69) is 41.5 Å². The molecule has 0 spiro atoms. The molecule has 0 aliphatic rings. The molecule has 0 aromatic rings. The first kappa shape index (κ1) is 31.0. The monoisotopic (exact) mass is 437 g/mol. The zero-order chi connectivity index (χ0) is 23.2. The largest absolute Gasteiger partial charge is 0.0654 e. The quantitative estimate of drug-likeness (QED) is 0.132. The van der Waals surface area contributed by atoms with Crippen LogP contribution in [0.25, 0.3) is 0 Å². The number of rotatable bonds is 24. The highest BCUT2D eigenvalue weighted by molar-refractivity contribution is 4.84. The van der Waals surface area contributed by atoms with Crippen LogP contribution in [0.1, 0.15) is 183 Å². The maximum Gasteiger partial charge on any atom is -0.0292 e. The second kappa shape index (κ2) is 21.8. The molecular formula is C31H64. The lowest BCUT2D eigenvalue weighted by Gasteiger charge is -2.40. The first-order valence-electron chi connectivity index (χ1n) is 15.1. The third kappa shape index (κ3) is 16.3. The summed E-state index contributed by atoms with van der Waals surface area (Å²) in [6.45, 7) is 14.4. The highest BCUT2D eigenvalue weighted by Gasteiger charge is 2.33. The van der Waals surface area contributed by atoms with Crippen LogP contribution in [0, 0.1) is 17.3 Å². The molecule has 0 saturated heterocycles. The summed E-state index contributed by atoms with van der Waals surface area (Å²) in [6.07, 6.45) is 31.9. The zero-order valence-corrected chi connectivity index (χ0v) is 23.2. The normalized spacial score (nSPS) is 15.7. The Bertz CT molecular complexity index is 326. The Labute approximate surface area is 200 Å². The lowest BCUT2D eigenvalue weighted by Crippen LogP contribution is -2.28. The number of unbranched alkanes of at least 4 members (excludes halogenated alkanes) is 10. The fourth-order valence-electron chi connectivity index (χ4n) is 6.07. The second-order valence-electron chi connectivity index (χ2n) is 11.1. The van der Waals surface area contributed by atoms with Crippen LogP contribution < -0.4 is 0 Å². The Morgan fingerprint density at radius 2 is 0.839 bits per heavy atom. The molecule has 0 nitrogen and oxygen atoms in total. The predicted molar refractivity (Wildman–Crippen MR) is 145 cm³/mol. The van der Waals surface area contributed by atoms with Crippen LogP contribution in [0.4, 0.5) is 0 Å². The summed E-state index contributed by atoms with van der Waals surface area (Å²) >= 11 is 0. The van der Waals surface area contributed by atoms with E-state index < -0.39 is 0 Å². The van der Waals surface area contributed by atoms with Crippen molar-refractivity contribution in [3.05, 3.63) is 0 Å². The van der Waals surface area contributed by atoms with E-state index in [0.29, 0.717) is 5.41 Å². The number of hydrogen-bond donors (Lipinski definition) is 0. The molecule has 0 amide bonds. The summed E-state index contributed by atoms with van der Waals surface area (Å²) in [4.78, 5) is 0. The summed E-state index contributed by atoms with van der Waals surface area (Å²) < 4.78 is 0. The SMILES string of the molecule is CCCCCCCCCCCC(CCC)(CC(CC)CCCC)CC(CC)CCCC. The summed E-state index contributed by atoms with van der Waals surface area (Å²) in [5.41, 5.74) is 0.638. The molecule has 2 unspecified atom stereocenters. The average Bonchev–Trinajstić information content (AvgIpc) is 2.78. The Morgan fingerprint density at radius 1 is 0.419 bits per heavy atom. The Balaban J connectivity index is 4.89. The summed E-state index contributed by atoms with van der Waals surface area (Å²) in [7, 11) is 0. The second-order valence-corrected chi connectivity index (χ2v) is 11.1. The van der Waals surface area contributed by atoms with Crippen molar-refractivity contribution in [2.24, 2.45) is 17.3 Å². The van der Waals surface area contributed by atoms with E-state index in [9.17, 15) is 0 Å². The van der Waals surface area contributed by atoms with Gasteiger partial charge in [-0.15, -0.1) is 0 Å². The molecule has 0 rings (SSSR count). The van der Waals surface area contributed by atoms with Crippen molar-refractivity contribution < 1.29 is 0 Å². The zero-order valence-electron chi connectivity index (χ0n) is 23.2. The molecular weight excluding hydrogens is 372 g/mol. The molecule has 0 heteroatoms. The van der Waals surface area contributed by atoms with E-state index in [4.69, 9.17) is 0 Å². The number of hydrogen-bond acceptors (Lipinski definition) is 0. The minimum absolute atomic E-state index is 0.638. The van der Waals surface area contributed by atoms with Gasteiger partial charge in [0.1, 0.15) is 0 Å². The van der Waals surface area contributed by atoms with Gasteiger partial charge in [-0.1, -0.05) is 157 Å². The smallest absolute Gasteiger partial charge is 0.0292 e. The molecule has 0 aromatic heterocycles. The molecule has 0 saturated carbocycles. The van der Waals surface area contributed by atoms with Gasteiger partial charge in [0.2, 0.25) is 0 Å². The topological polar surface area (TPSA) is 0 Å². The molecule has 0 aromatic carbocycles. The fourth-order valence-corrected chi connectivity index (χ4v) is 6.07. The van der Waals surface area contributed by atoms with E-state index in [1.54, 1.807) is 0 Å². The maximum absolute atomic E-state index is 2.46. The van der Waals surface area contributed by atoms with Crippen molar-refractivity contribution in [3.63, 3.8) is 0 Å². The minimum Gasteiger partial charge on any atom is -0.0654 e. The van der Waals surface area contributed by atoms with Crippen molar-refractivity contribution >= 4 is 0 Å². The van der Waals surface area contributed by atoms with Gasteiger partial charge in [0, 0.05) is 0 Å². The van der Waals surface area contributed by atoms with Crippen LogP contribution in [0.15, 0.2) is 0 Å². The molecule has 0 aliphatic carbocycles. The Morgan fingerprint density at radius 3 is 1.23 bits per heavy atom. The summed E-state index contributed by atoms with van der Waals surface area (Å²) in [5, 5.41) is 0. The maximum atomic E-state index is 2.46. The third-order valence-corrected chi connectivity index (χ3v) is 8.12. The predicted octanol–water partition coefficient (Wildman–Crippen LogP) is 11.9. The summed E-state index contributed by atoms with van der Waals surface area (Å²) in [6, 6.07) is 0. The molecule has 188 valence electrons. The molecule has 0 aliphatic heterocycles. The van der Waals surface area contributed by atoms with Crippen molar-refractivity contribution in [1.82, 2.24) is 0 Å². The van der Waals surface area contributed by atoms with Gasteiger partial charge in [-0.3, -0.25) is 0 Å². The van der Waals surface area contributed by atoms with Gasteiger partial charge in [-0.2, -0.15) is 0 Å². The van der Waals surface area contributed by atoms with Gasteiger partial charge < -0.3 is 0 Å². The first-order valence-corrected chi connectivity index (χ1v) is 15.1.